The summed E-state index contributed by atoms with van der Waals surface area (Å²) in [5.74, 6) is -0.552. The van der Waals surface area contributed by atoms with E-state index in [1.807, 2.05) is 0 Å². The van der Waals surface area contributed by atoms with Gasteiger partial charge in [-0.15, -0.1) is 0 Å². The Labute approximate surface area is 196 Å². The number of carbonyl (C=O) groups excluding carboxylic acids is 2. The second-order valence-electron chi connectivity index (χ2n) is 9.91. The molecule has 1 aromatic carbocycles. The van der Waals surface area contributed by atoms with E-state index in [2.05, 4.69) is 90.5 Å². The topological polar surface area (TPSA) is 52.6 Å². The SMILES string of the molecule is COC(=O)CC(=O)CC/C(C)=C\CC(O[Si](C(C)C)(C(C)C)C(C)C)c1ccc(C)cc1. The summed E-state index contributed by atoms with van der Waals surface area (Å²) in [5.41, 5.74) is 5.13. The van der Waals surface area contributed by atoms with Crippen molar-refractivity contribution in [1.29, 1.82) is 0 Å². The maximum atomic E-state index is 12.0. The predicted molar refractivity (Wildman–Crippen MR) is 135 cm³/mol. The van der Waals surface area contributed by atoms with Gasteiger partial charge in [0.05, 0.1) is 13.2 Å². The van der Waals surface area contributed by atoms with E-state index in [0.29, 0.717) is 29.5 Å². The number of esters is 1. The van der Waals surface area contributed by atoms with Gasteiger partial charge in [-0.2, -0.15) is 0 Å². The van der Waals surface area contributed by atoms with Crippen molar-refractivity contribution in [1.82, 2.24) is 0 Å². The Hall–Kier alpha value is -1.72. The number of aryl methyl sites for hydroxylation is 1. The first-order valence-corrected chi connectivity index (χ1v) is 14.1. The number of allylic oxidation sites excluding steroid dienone is 1. The summed E-state index contributed by atoms with van der Waals surface area (Å²) < 4.78 is 11.7. The highest BCUT2D eigenvalue weighted by Crippen LogP contribution is 2.45. The quantitative estimate of drug-likeness (QED) is 0.132. The van der Waals surface area contributed by atoms with Gasteiger partial charge in [0, 0.05) is 6.42 Å². The fourth-order valence-electron chi connectivity index (χ4n) is 4.76. The van der Waals surface area contributed by atoms with Crippen molar-refractivity contribution >= 4 is 20.1 Å². The summed E-state index contributed by atoms with van der Waals surface area (Å²) in [6.07, 6.45) is 3.84. The molecule has 0 fully saturated rings. The number of carbonyl (C=O) groups is 2. The second-order valence-corrected chi connectivity index (χ2v) is 15.3. The highest BCUT2D eigenvalue weighted by molar-refractivity contribution is 6.77. The Bertz CT molecular complexity index is 741. The maximum absolute atomic E-state index is 12.0. The first kappa shape index (κ1) is 28.3. The number of Topliss-reactive ketones (excluding diaryl/α,β-unsaturated/α-hetero) is 1. The van der Waals surface area contributed by atoms with Gasteiger partial charge in [0.25, 0.3) is 0 Å². The maximum Gasteiger partial charge on any atom is 0.313 e. The molecule has 4 nitrogen and oxygen atoms in total. The van der Waals surface area contributed by atoms with Crippen LogP contribution >= 0.6 is 0 Å². The van der Waals surface area contributed by atoms with E-state index in [-0.39, 0.29) is 18.3 Å². The summed E-state index contributed by atoms with van der Waals surface area (Å²) in [7, 11) is -0.746. The van der Waals surface area contributed by atoms with Crippen LogP contribution in [0.3, 0.4) is 0 Å². The van der Waals surface area contributed by atoms with E-state index in [4.69, 9.17) is 4.43 Å². The van der Waals surface area contributed by atoms with Crippen molar-refractivity contribution in [2.24, 2.45) is 0 Å². The molecule has 1 aromatic rings. The standard InChI is InChI=1S/C27H44O4Si/c1-19(2)32(20(3)4,21(5)6)31-26(24-14-10-22(7)11-15-24)17-13-23(8)12-16-25(28)18-27(29)30-9/h10-11,13-15,19-21,26H,12,16-18H2,1-9H3/b23-13-. The van der Waals surface area contributed by atoms with E-state index in [9.17, 15) is 9.59 Å². The largest absolute Gasteiger partial charge is 0.469 e. The summed E-state index contributed by atoms with van der Waals surface area (Å²) in [6, 6.07) is 8.67. The average molecular weight is 461 g/mol. The zero-order valence-electron chi connectivity index (χ0n) is 21.7. The Balaban J connectivity index is 3.07. The minimum atomic E-state index is -2.05. The van der Waals surface area contributed by atoms with Crippen LogP contribution in [0.1, 0.15) is 91.4 Å². The van der Waals surface area contributed by atoms with Gasteiger partial charge in [-0.3, -0.25) is 9.59 Å². The number of methoxy groups -OCH3 is 1. The van der Waals surface area contributed by atoms with Crippen LogP contribution in [0.15, 0.2) is 35.9 Å². The minimum absolute atomic E-state index is 0.00446. The highest BCUT2D eigenvalue weighted by Gasteiger charge is 2.46. The molecule has 0 heterocycles. The van der Waals surface area contributed by atoms with E-state index < -0.39 is 14.3 Å². The van der Waals surface area contributed by atoms with Crippen LogP contribution in [-0.2, 0) is 18.8 Å². The van der Waals surface area contributed by atoms with Crippen LogP contribution in [0.5, 0.6) is 0 Å². The molecular weight excluding hydrogens is 416 g/mol. The van der Waals surface area contributed by atoms with Gasteiger partial charge in [0.15, 0.2) is 0 Å². The summed E-state index contributed by atoms with van der Waals surface area (Å²) in [5, 5.41) is 0. The number of rotatable bonds is 13. The Morgan fingerprint density at radius 3 is 1.94 bits per heavy atom. The van der Waals surface area contributed by atoms with Gasteiger partial charge in [0.1, 0.15) is 12.2 Å². The van der Waals surface area contributed by atoms with Crippen molar-refractivity contribution in [3.05, 3.63) is 47.0 Å². The lowest BCUT2D eigenvalue weighted by atomic mass is 10.0. The van der Waals surface area contributed by atoms with Crippen molar-refractivity contribution in [2.75, 3.05) is 7.11 Å². The second kappa shape index (κ2) is 13.1. The average Bonchev–Trinajstić information content (AvgIpc) is 2.72. The molecule has 0 N–H and O–H groups in total. The Morgan fingerprint density at radius 2 is 1.47 bits per heavy atom. The molecule has 0 saturated heterocycles. The van der Waals surface area contributed by atoms with Gasteiger partial charge in [-0.1, -0.05) is 83.0 Å². The molecule has 5 heteroatoms. The lowest BCUT2D eigenvalue weighted by Crippen LogP contribution is -2.48. The van der Waals surface area contributed by atoms with Crippen molar-refractivity contribution in [3.8, 4) is 0 Å². The monoisotopic (exact) mass is 460 g/mol. The van der Waals surface area contributed by atoms with Gasteiger partial charge in [-0.25, -0.2) is 0 Å². The molecule has 1 rings (SSSR count). The van der Waals surface area contributed by atoms with Crippen molar-refractivity contribution in [2.45, 2.75) is 104 Å². The fraction of sp³-hybridized carbons (Fsp3) is 0.630. The third-order valence-electron chi connectivity index (χ3n) is 6.55. The molecule has 0 radical (unpaired) electrons. The van der Waals surface area contributed by atoms with Crippen LogP contribution in [0.25, 0.3) is 0 Å². The van der Waals surface area contributed by atoms with Crippen LogP contribution < -0.4 is 0 Å². The first-order valence-electron chi connectivity index (χ1n) is 11.9. The van der Waals surface area contributed by atoms with Crippen LogP contribution in [-0.4, -0.2) is 27.2 Å². The Kier molecular flexibility index (Phi) is 11.6. The van der Waals surface area contributed by atoms with Crippen LogP contribution in [0, 0.1) is 6.92 Å². The molecular formula is C27H44O4Si. The molecule has 0 amide bonds. The number of hydrogen-bond acceptors (Lipinski definition) is 4. The number of benzene rings is 1. The predicted octanol–water partition coefficient (Wildman–Crippen LogP) is 7.48. The molecule has 0 saturated carbocycles. The third kappa shape index (κ3) is 8.00. The van der Waals surface area contributed by atoms with Gasteiger partial charge < -0.3 is 9.16 Å². The summed E-state index contributed by atoms with van der Waals surface area (Å²) in [4.78, 5) is 23.3. The highest BCUT2D eigenvalue weighted by atomic mass is 28.4. The molecule has 0 aliphatic heterocycles. The van der Waals surface area contributed by atoms with Gasteiger partial charge in [0.2, 0.25) is 8.32 Å². The molecule has 1 atom stereocenters. The van der Waals surface area contributed by atoms with Crippen molar-refractivity contribution in [3.63, 3.8) is 0 Å². The van der Waals surface area contributed by atoms with E-state index in [1.165, 1.54) is 18.2 Å². The van der Waals surface area contributed by atoms with E-state index >= 15 is 0 Å². The zero-order valence-corrected chi connectivity index (χ0v) is 22.7. The fourth-order valence-corrected chi connectivity index (χ4v) is 10.3. The molecule has 0 aliphatic rings. The van der Waals surface area contributed by atoms with E-state index in [0.717, 1.165) is 12.0 Å². The lowest BCUT2D eigenvalue weighted by molar-refractivity contribution is -0.143. The lowest BCUT2D eigenvalue weighted by Gasteiger charge is -2.44. The zero-order chi connectivity index (χ0) is 24.5. The number of ether oxygens (including phenoxy) is 1. The molecule has 0 bridgehead atoms. The third-order valence-corrected chi connectivity index (χ3v) is 12.7. The van der Waals surface area contributed by atoms with Crippen molar-refractivity contribution < 1.29 is 18.8 Å². The van der Waals surface area contributed by atoms with Crippen LogP contribution in [0.4, 0.5) is 0 Å². The van der Waals surface area contributed by atoms with Crippen LogP contribution in [0.2, 0.25) is 16.6 Å². The summed E-state index contributed by atoms with van der Waals surface area (Å²) >= 11 is 0. The normalized spacial score (nSPS) is 13.7. The minimum Gasteiger partial charge on any atom is -0.469 e. The molecule has 0 aliphatic carbocycles. The summed E-state index contributed by atoms with van der Waals surface area (Å²) in [6.45, 7) is 18.0. The molecule has 0 spiro atoms. The number of ketones is 1. The molecule has 1 unspecified atom stereocenters. The van der Waals surface area contributed by atoms with E-state index in [1.54, 1.807) is 0 Å². The Morgan fingerprint density at radius 1 is 0.938 bits per heavy atom. The molecule has 180 valence electrons. The smallest absolute Gasteiger partial charge is 0.313 e. The number of hydrogen-bond donors (Lipinski definition) is 0. The molecule has 32 heavy (non-hydrogen) atoms. The van der Waals surface area contributed by atoms with Gasteiger partial charge >= 0.3 is 5.97 Å². The first-order chi connectivity index (χ1) is 14.9. The van der Waals surface area contributed by atoms with Gasteiger partial charge in [-0.05, 0) is 48.9 Å². The molecule has 0 aromatic heterocycles.